The highest BCUT2D eigenvalue weighted by atomic mass is 35.5. The van der Waals surface area contributed by atoms with E-state index < -0.39 is 0 Å². The highest BCUT2D eigenvalue weighted by molar-refractivity contribution is 6.42. The van der Waals surface area contributed by atoms with E-state index in [1.807, 2.05) is 12.1 Å². The molecule has 0 bridgehead atoms. The van der Waals surface area contributed by atoms with E-state index >= 15 is 0 Å². The molecule has 0 heterocycles. The Bertz CT molecular complexity index is 429. The van der Waals surface area contributed by atoms with Crippen LogP contribution in [-0.2, 0) is 0 Å². The third kappa shape index (κ3) is 3.01. The van der Waals surface area contributed by atoms with Gasteiger partial charge in [-0.15, -0.1) is 0 Å². The van der Waals surface area contributed by atoms with Gasteiger partial charge in [0, 0.05) is 0 Å². The second-order valence-corrected chi connectivity index (χ2v) is 7.00. The van der Waals surface area contributed by atoms with Crippen LogP contribution in [0.3, 0.4) is 0 Å². The number of rotatable bonds is 2. The molecule has 2 atom stereocenters. The van der Waals surface area contributed by atoms with E-state index in [2.05, 4.69) is 19.9 Å². The first-order chi connectivity index (χ1) is 8.43. The van der Waals surface area contributed by atoms with Gasteiger partial charge in [0.15, 0.2) is 0 Å². The lowest BCUT2D eigenvalue weighted by Crippen LogP contribution is -2.32. The maximum absolute atomic E-state index is 6.13. The Labute approximate surface area is 120 Å². The molecule has 1 aromatic rings. The van der Waals surface area contributed by atoms with Gasteiger partial charge in [-0.1, -0.05) is 43.1 Å². The van der Waals surface area contributed by atoms with Crippen molar-refractivity contribution < 1.29 is 0 Å². The van der Waals surface area contributed by atoms with Crippen molar-refractivity contribution in [2.45, 2.75) is 39.0 Å². The molecule has 2 rings (SSSR count). The van der Waals surface area contributed by atoms with Crippen LogP contribution < -0.4 is 5.73 Å². The van der Waals surface area contributed by atoms with Gasteiger partial charge in [-0.05, 0) is 60.8 Å². The van der Waals surface area contributed by atoms with Gasteiger partial charge in [-0.25, -0.2) is 0 Å². The molecule has 100 valence electrons. The van der Waals surface area contributed by atoms with E-state index in [1.165, 1.54) is 24.8 Å². The maximum Gasteiger partial charge on any atom is 0.0595 e. The molecule has 1 aromatic carbocycles. The molecule has 0 spiro atoms. The number of hydrogen-bond acceptors (Lipinski definition) is 1. The van der Waals surface area contributed by atoms with E-state index in [9.17, 15) is 0 Å². The van der Waals surface area contributed by atoms with Crippen molar-refractivity contribution in [1.82, 2.24) is 0 Å². The van der Waals surface area contributed by atoms with Crippen molar-refractivity contribution in [3.8, 4) is 0 Å². The summed E-state index contributed by atoms with van der Waals surface area (Å²) >= 11 is 12.1. The first kappa shape index (κ1) is 14.2. The predicted molar refractivity (Wildman–Crippen MR) is 79.4 cm³/mol. The van der Waals surface area contributed by atoms with Gasteiger partial charge in [-0.3, -0.25) is 0 Å². The second kappa shape index (κ2) is 5.40. The number of benzene rings is 1. The van der Waals surface area contributed by atoms with Gasteiger partial charge < -0.3 is 5.73 Å². The molecule has 0 radical (unpaired) electrons. The quantitative estimate of drug-likeness (QED) is 0.825. The van der Waals surface area contributed by atoms with Crippen LogP contribution in [0, 0.1) is 11.3 Å². The Morgan fingerprint density at radius 1 is 1.28 bits per heavy atom. The smallest absolute Gasteiger partial charge is 0.0595 e. The summed E-state index contributed by atoms with van der Waals surface area (Å²) in [5.41, 5.74) is 7.60. The third-order valence-corrected chi connectivity index (χ3v) is 4.95. The summed E-state index contributed by atoms with van der Waals surface area (Å²) in [4.78, 5) is 0. The van der Waals surface area contributed by atoms with Crippen molar-refractivity contribution in [3.05, 3.63) is 33.8 Å². The van der Waals surface area contributed by atoms with Crippen LogP contribution in [0.25, 0.3) is 0 Å². The summed E-state index contributed by atoms with van der Waals surface area (Å²) in [6.45, 7) is 5.43. The fourth-order valence-corrected chi connectivity index (χ4v) is 3.36. The predicted octanol–water partition coefficient (Wildman–Crippen LogP) is 4.86. The summed E-state index contributed by atoms with van der Waals surface area (Å²) in [7, 11) is 0. The first-order valence-corrected chi connectivity index (χ1v) is 7.33. The normalized spacial score (nSPS) is 27.2. The molecular formula is C15H21Cl2N. The fraction of sp³-hybridized carbons (Fsp3) is 0.600. The van der Waals surface area contributed by atoms with Crippen LogP contribution >= 0.6 is 23.2 Å². The minimum atomic E-state index is 0.391. The average molecular weight is 286 g/mol. The molecule has 1 aliphatic carbocycles. The van der Waals surface area contributed by atoms with Gasteiger partial charge >= 0.3 is 0 Å². The summed E-state index contributed by atoms with van der Waals surface area (Å²) in [6.07, 6.45) is 3.63. The van der Waals surface area contributed by atoms with E-state index in [-0.39, 0.29) is 0 Å². The van der Waals surface area contributed by atoms with E-state index in [0.717, 1.165) is 6.54 Å². The molecule has 0 aromatic heterocycles. The number of halogens is 2. The average Bonchev–Trinajstić information content (AvgIpc) is 2.32. The lowest BCUT2D eigenvalue weighted by atomic mass is 9.65. The topological polar surface area (TPSA) is 26.0 Å². The first-order valence-electron chi connectivity index (χ1n) is 6.58. The standard InChI is InChI=1S/C15H21Cl2N/c1-15(2)6-5-11(9-18)12(8-15)10-3-4-13(16)14(17)7-10/h3-4,7,11-12H,5-6,8-9,18H2,1-2H3. The Morgan fingerprint density at radius 3 is 2.61 bits per heavy atom. The molecule has 0 saturated heterocycles. The van der Waals surface area contributed by atoms with E-state index in [1.54, 1.807) is 0 Å². The largest absolute Gasteiger partial charge is 0.330 e. The van der Waals surface area contributed by atoms with Crippen LogP contribution in [0.1, 0.15) is 44.6 Å². The van der Waals surface area contributed by atoms with Crippen molar-refractivity contribution in [2.75, 3.05) is 6.54 Å². The summed E-state index contributed by atoms with van der Waals surface area (Å²) < 4.78 is 0. The van der Waals surface area contributed by atoms with Gasteiger partial charge in [0.05, 0.1) is 10.0 Å². The van der Waals surface area contributed by atoms with E-state index in [0.29, 0.717) is 27.3 Å². The van der Waals surface area contributed by atoms with Gasteiger partial charge in [0.2, 0.25) is 0 Å². The summed E-state index contributed by atoms with van der Waals surface area (Å²) in [5.74, 6) is 1.07. The fourth-order valence-electron chi connectivity index (χ4n) is 3.06. The highest BCUT2D eigenvalue weighted by Gasteiger charge is 2.35. The van der Waals surface area contributed by atoms with Crippen LogP contribution in [0.5, 0.6) is 0 Å². The highest BCUT2D eigenvalue weighted by Crippen LogP contribution is 2.46. The van der Waals surface area contributed by atoms with Crippen LogP contribution in [0.4, 0.5) is 0 Å². The summed E-state index contributed by atoms with van der Waals surface area (Å²) in [6, 6.07) is 6.01. The Morgan fingerprint density at radius 2 is 2.00 bits per heavy atom. The molecule has 1 saturated carbocycles. The lowest BCUT2D eigenvalue weighted by molar-refractivity contribution is 0.165. The number of nitrogens with two attached hydrogens (primary N) is 1. The molecule has 1 nitrogen and oxygen atoms in total. The molecule has 2 N–H and O–H groups in total. The SMILES string of the molecule is CC1(C)CCC(CN)C(c2ccc(Cl)c(Cl)c2)C1. The van der Waals surface area contributed by atoms with Gasteiger partial charge in [-0.2, -0.15) is 0 Å². The van der Waals surface area contributed by atoms with Crippen LogP contribution in [0.2, 0.25) is 10.0 Å². The minimum absolute atomic E-state index is 0.391. The minimum Gasteiger partial charge on any atom is -0.330 e. The maximum atomic E-state index is 6.13. The number of hydrogen-bond donors (Lipinski definition) is 1. The molecule has 1 aliphatic rings. The molecule has 3 heteroatoms. The molecule has 0 aliphatic heterocycles. The van der Waals surface area contributed by atoms with Crippen molar-refractivity contribution in [1.29, 1.82) is 0 Å². The second-order valence-electron chi connectivity index (χ2n) is 6.18. The third-order valence-electron chi connectivity index (χ3n) is 4.21. The van der Waals surface area contributed by atoms with Gasteiger partial charge in [0.1, 0.15) is 0 Å². The Hall–Kier alpha value is -0.240. The van der Waals surface area contributed by atoms with E-state index in [4.69, 9.17) is 28.9 Å². The van der Waals surface area contributed by atoms with Crippen molar-refractivity contribution in [3.63, 3.8) is 0 Å². The molecule has 1 fully saturated rings. The zero-order valence-corrected chi connectivity index (χ0v) is 12.6. The van der Waals surface area contributed by atoms with Crippen molar-refractivity contribution in [2.24, 2.45) is 17.1 Å². The van der Waals surface area contributed by atoms with Gasteiger partial charge in [0.25, 0.3) is 0 Å². The van der Waals surface area contributed by atoms with Crippen molar-refractivity contribution >= 4 is 23.2 Å². The molecule has 2 unspecified atom stereocenters. The van der Waals surface area contributed by atoms with Crippen LogP contribution in [0.15, 0.2) is 18.2 Å². The van der Waals surface area contributed by atoms with Crippen LogP contribution in [-0.4, -0.2) is 6.54 Å². The monoisotopic (exact) mass is 285 g/mol. The zero-order chi connectivity index (χ0) is 13.3. The molecular weight excluding hydrogens is 265 g/mol. The molecule has 18 heavy (non-hydrogen) atoms. The lowest BCUT2D eigenvalue weighted by Gasteiger charge is -2.40. The zero-order valence-electron chi connectivity index (χ0n) is 11.0. The summed E-state index contributed by atoms with van der Waals surface area (Å²) in [5, 5.41) is 1.27. The Balaban J connectivity index is 2.29. The molecule has 0 amide bonds. The Kier molecular flexibility index (Phi) is 4.25.